The molecule has 0 bridgehead atoms. The Balaban J connectivity index is 1.80. The Hall–Kier alpha value is -2.02. The summed E-state index contributed by atoms with van der Waals surface area (Å²) in [5.41, 5.74) is 0.464. The number of hydrogen-bond acceptors (Lipinski definition) is 7. The molecule has 0 aliphatic heterocycles. The third-order valence-electron chi connectivity index (χ3n) is 3.39. The largest absolute Gasteiger partial charge is 0.456 e. The van der Waals surface area contributed by atoms with Gasteiger partial charge in [0, 0.05) is 27.2 Å². The van der Waals surface area contributed by atoms with E-state index >= 15 is 0 Å². The summed E-state index contributed by atoms with van der Waals surface area (Å²) in [7, 11) is 0. The SMILES string of the molecule is Cc1cc(C(=O)CCC(=O)OCc2nc(C(C)(C)C)no2)c(C)s1. The quantitative estimate of drug-likeness (QED) is 0.583. The standard InChI is InChI=1S/C17H22N2O4S/c1-10-8-12(11(2)24-10)13(20)6-7-15(21)22-9-14-18-16(19-23-14)17(3,4)5/h8H,6-7,9H2,1-5H3. The first-order valence-electron chi connectivity index (χ1n) is 7.75. The van der Waals surface area contributed by atoms with Gasteiger partial charge in [0.15, 0.2) is 18.2 Å². The molecule has 7 heteroatoms. The van der Waals surface area contributed by atoms with Crippen molar-refractivity contribution in [2.24, 2.45) is 0 Å². The van der Waals surface area contributed by atoms with Crippen LogP contribution in [0, 0.1) is 13.8 Å². The summed E-state index contributed by atoms with van der Waals surface area (Å²) in [6.45, 7) is 9.69. The van der Waals surface area contributed by atoms with Crippen molar-refractivity contribution < 1.29 is 18.8 Å². The van der Waals surface area contributed by atoms with E-state index in [1.165, 1.54) is 0 Å². The first-order valence-corrected chi connectivity index (χ1v) is 8.57. The number of Topliss-reactive ketones (excluding diaryl/α,β-unsaturated/α-hetero) is 1. The van der Waals surface area contributed by atoms with Crippen LogP contribution < -0.4 is 0 Å². The molecular formula is C17H22N2O4S. The molecular weight excluding hydrogens is 328 g/mol. The van der Waals surface area contributed by atoms with Crippen LogP contribution in [-0.2, 0) is 21.6 Å². The van der Waals surface area contributed by atoms with Gasteiger partial charge in [0.05, 0.1) is 6.42 Å². The maximum atomic E-state index is 12.1. The highest BCUT2D eigenvalue weighted by Crippen LogP contribution is 2.22. The summed E-state index contributed by atoms with van der Waals surface area (Å²) in [5, 5.41) is 3.86. The van der Waals surface area contributed by atoms with Crippen LogP contribution in [-0.4, -0.2) is 21.9 Å². The normalized spacial score (nSPS) is 11.5. The van der Waals surface area contributed by atoms with Gasteiger partial charge in [0.2, 0.25) is 0 Å². The molecule has 2 rings (SSSR count). The Bertz CT molecular complexity index is 740. The van der Waals surface area contributed by atoms with Gasteiger partial charge in [-0.2, -0.15) is 4.98 Å². The minimum Gasteiger partial charge on any atom is -0.456 e. The van der Waals surface area contributed by atoms with Crippen molar-refractivity contribution in [1.29, 1.82) is 0 Å². The van der Waals surface area contributed by atoms with E-state index in [0.29, 0.717) is 11.4 Å². The maximum absolute atomic E-state index is 12.1. The van der Waals surface area contributed by atoms with E-state index in [1.807, 2.05) is 40.7 Å². The van der Waals surface area contributed by atoms with Crippen LogP contribution in [0.4, 0.5) is 0 Å². The number of nitrogens with zero attached hydrogens (tertiary/aromatic N) is 2. The predicted molar refractivity (Wildman–Crippen MR) is 90.2 cm³/mol. The van der Waals surface area contributed by atoms with Gasteiger partial charge >= 0.3 is 5.97 Å². The van der Waals surface area contributed by atoms with Gasteiger partial charge < -0.3 is 9.26 Å². The van der Waals surface area contributed by atoms with Crippen LogP contribution in [0.1, 0.15) is 65.4 Å². The van der Waals surface area contributed by atoms with E-state index in [0.717, 1.165) is 9.75 Å². The number of carbonyl (C=O) groups excluding carboxylic acids is 2. The smallest absolute Gasteiger partial charge is 0.306 e. The lowest BCUT2D eigenvalue weighted by Crippen LogP contribution is -2.13. The molecule has 0 spiro atoms. The molecule has 0 saturated carbocycles. The van der Waals surface area contributed by atoms with Crippen LogP contribution in [0.15, 0.2) is 10.6 Å². The van der Waals surface area contributed by atoms with Crippen molar-refractivity contribution in [3.05, 3.63) is 33.1 Å². The van der Waals surface area contributed by atoms with Crippen molar-refractivity contribution >= 4 is 23.1 Å². The number of thiophene rings is 1. The van der Waals surface area contributed by atoms with E-state index in [4.69, 9.17) is 9.26 Å². The van der Waals surface area contributed by atoms with Gasteiger partial charge in [-0.25, -0.2) is 0 Å². The van der Waals surface area contributed by atoms with Crippen LogP contribution in [0.3, 0.4) is 0 Å². The van der Waals surface area contributed by atoms with Crippen molar-refractivity contribution in [2.45, 2.75) is 59.5 Å². The van der Waals surface area contributed by atoms with Crippen molar-refractivity contribution in [2.75, 3.05) is 0 Å². The molecule has 2 aromatic rings. The molecule has 2 aromatic heterocycles. The number of carbonyl (C=O) groups is 2. The summed E-state index contributed by atoms with van der Waals surface area (Å²) in [4.78, 5) is 30.2. The second-order valence-corrected chi connectivity index (χ2v) is 8.13. The second kappa shape index (κ2) is 7.25. The Morgan fingerprint density at radius 2 is 1.96 bits per heavy atom. The van der Waals surface area contributed by atoms with Crippen LogP contribution in [0.5, 0.6) is 0 Å². The van der Waals surface area contributed by atoms with Crippen LogP contribution in [0.25, 0.3) is 0 Å². The van der Waals surface area contributed by atoms with Gasteiger partial charge in [-0.05, 0) is 19.9 Å². The Kier molecular flexibility index (Phi) is 5.54. The molecule has 0 amide bonds. The zero-order valence-corrected chi connectivity index (χ0v) is 15.5. The summed E-state index contributed by atoms with van der Waals surface area (Å²) in [5.74, 6) is 0.320. The molecule has 0 aromatic carbocycles. The monoisotopic (exact) mass is 350 g/mol. The van der Waals surface area contributed by atoms with E-state index < -0.39 is 5.97 Å². The van der Waals surface area contributed by atoms with E-state index in [9.17, 15) is 9.59 Å². The molecule has 130 valence electrons. The lowest BCUT2D eigenvalue weighted by atomic mass is 9.96. The lowest BCUT2D eigenvalue weighted by Gasteiger charge is -2.10. The molecule has 6 nitrogen and oxygen atoms in total. The van der Waals surface area contributed by atoms with E-state index in [2.05, 4.69) is 10.1 Å². The van der Waals surface area contributed by atoms with Crippen LogP contribution >= 0.6 is 11.3 Å². The fourth-order valence-electron chi connectivity index (χ4n) is 2.09. The predicted octanol–water partition coefficient (Wildman–Crippen LogP) is 3.75. The number of aryl methyl sites for hydroxylation is 2. The Morgan fingerprint density at radius 3 is 2.50 bits per heavy atom. The third kappa shape index (κ3) is 4.74. The van der Waals surface area contributed by atoms with Crippen molar-refractivity contribution in [3.63, 3.8) is 0 Å². The fraction of sp³-hybridized carbons (Fsp3) is 0.529. The first kappa shape index (κ1) is 18.3. The van der Waals surface area contributed by atoms with Gasteiger partial charge in [0.25, 0.3) is 5.89 Å². The zero-order valence-electron chi connectivity index (χ0n) is 14.6. The maximum Gasteiger partial charge on any atom is 0.306 e. The number of hydrogen-bond donors (Lipinski definition) is 0. The minimum atomic E-state index is -0.455. The zero-order chi connectivity index (χ0) is 17.9. The molecule has 0 aliphatic rings. The molecule has 0 unspecified atom stereocenters. The highest BCUT2D eigenvalue weighted by atomic mass is 32.1. The summed E-state index contributed by atoms with van der Waals surface area (Å²) >= 11 is 1.58. The summed E-state index contributed by atoms with van der Waals surface area (Å²) < 4.78 is 10.1. The van der Waals surface area contributed by atoms with Gasteiger partial charge in [0.1, 0.15) is 0 Å². The highest BCUT2D eigenvalue weighted by Gasteiger charge is 2.21. The number of aromatic nitrogens is 2. The highest BCUT2D eigenvalue weighted by molar-refractivity contribution is 7.12. The average molecular weight is 350 g/mol. The van der Waals surface area contributed by atoms with Gasteiger partial charge in [-0.3, -0.25) is 9.59 Å². The fourth-order valence-corrected chi connectivity index (χ4v) is 3.03. The van der Waals surface area contributed by atoms with E-state index in [1.54, 1.807) is 11.3 Å². The molecule has 0 atom stereocenters. The third-order valence-corrected chi connectivity index (χ3v) is 4.36. The molecule has 24 heavy (non-hydrogen) atoms. The van der Waals surface area contributed by atoms with Gasteiger partial charge in [-0.15, -0.1) is 11.3 Å². The first-order chi connectivity index (χ1) is 11.2. The number of esters is 1. The van der Waals surface area contributed by atoms with Crippen LogP contribution in [0.2, 0.25) is 0 Å². The molecule has 0 saturated heterocycles. The Labute approximate surface area is 145 Å². The molecule has 0 radical (unpaired) electrons. The number of ketones is 1. The lowest BCUT2D eigenvalue weighted by molar-refractivity contribution is -0.145. The molecule has 0 fully saturated rings. The summed E-state index contributed by atoms with van der Waals surface area (Å²) in [6.07, 6.45) is 0.167. The molecule has 0 aliphatic carbocycles. The minimum absolute atomic E-state index is 0.0352. The number of ether oxygens (including phenoxy) is 1. The van der Waals surface area contributed by atoms with Gasteiger partial charge in [-0.1, -0.05) is 25.9 Å². The number of rotatable bonds is 6. The topological polar surface area (TPSA) is 82.3 Å². The van der Waals surface area contributed by atoms with Crippen molar-refractivity contribution in [1.82, 2.24) is 10.1 Å². The molecule has 2 heterocycles. The van der Waals surface area contributed by atoms with E-state index in [-0.39, 0.29) is 36.5 Å². The Morgan fingerprint density at radius 1 is 1.25 bits per heavy atom. The van der Waals surface area contributed by atoms with Crippen molar-refractivity contribution in [3.8, 4) is 0 Å². The summed E-state index contributed by atoms with van der Waals surface area (Å²) in [6, 6.07) is 1.86. The average Bonchev–Trinajstić information content (AvgIpc) is 3.08. The second-order valence-electron chi connectivity index (χ2n) is 6.67. The molecule has 0 N–H and O–H groups in total.